The van der Waals surface area contributed by atoms with Crippen LogP contribution in [0.25, 0.3) is 0 Å². The Kier molecular flexibility index (Phi) is 4.59. The normalized spacial score (nSPS) is 23.9. The second-order valence-corrected chi connectivity index (χ2v) is 6.39. The van der Waals surface area contributed by atoms with Gasteiger partial charge in [0.25, 0.3) is 0 Å². The van der Waals surface area contributed by atoms with Crippen molar-refractivity contribution in [2.45, 2.75) is 25.8 Å². The molecule has 2 rings (SSSR count). The maximum absolute atomic E-state index is 12.0. The Labute approximate surface area is 114 Å². The van der Waals surface area contributed by atoms with Crippen LogP contribution in [0.5, 0.6) is 0 Å². The zero-order chi connectivity index (χ0) is 12.3. The van der Waals surface area contributed by atoms with Crippen LogP contribution in [0, 0.1) is 11.8 Å². The van der Waals surface area contributed by atoms with E-state index in [0.29, 0.717) is 19.0 Å². The Morgan fingerprint density at radius 2 is 2.41 bits per heavy atom. The van der Waals surface area contributed by atoms with E-state index in [9.17, 15) is 4.79 Å². The SMILES string of the molecule is NCC1CCCC1C(=O)NCc1cc(Br)cs1. The van der Waals surface area contributed by atoms with Gasteiger partial charge in [-0.25, -0.2) is 0 Å². The van der Waals surface area contributed by atoms with Crippen LogP contribution in [-0.2, 0) is 11.3 Å². The van der Waals surface area contributed by atoms with Gasteiger partial charge < -0.3 is 11.1 Å². The molecular weight excluding hydrogens is 300 g/mol. The Bertz CT molecular complexity index is 394. The monoisotopic (exact) mass is 316 g/mol. The minimum absolute atomic E-state index is 0.128. The van der Waals surface area contributed by atoms with Crippen molar-refractivity contribution < 1.29 is 4.79 Å². The fraction of sp³-hybridized carbons (Fsp3) is 0.583. The Morgan fingerprint density at radius 3 is 3.06 bits per heavy atom. The molecule has 0 aliphatic heterocycles. The molecule has 1 amide bonds. The molecule has 94 valence electrons. The van der Waals surface area contributed by atoms with E-state index in [0.717, 1.165) is 23.7 Å². The van der Waals surface area contributed by atoms with E-state index in [2.05, 4.69) is 21.2 Å². The molecule has 1 fully saturated rings. The average molecular weight is 317 g/mol. The van der Waals surface area contributed by atoms with Gasteiger partial charge in [-0.3, -0.25) is 4.79 Å². The smallest absolute Gasteiger partial charge is 0.223 e. The number of nitrogens with two attached hydrogens (primary N) is 1. The first-order valence-electron chi connectivity index (χ1n) is 5.91. The van der Waals surface area contributed by atoms with Gasteiger partial charge >= 0.3 is 0 Å². The molecule has 1 aliphatic carbocycles. The predicted octanol–water partition coefficient (Wildman–Crippen LogP) is 2.50. The molecule has 1 aliphatic rings. The lowest BCUT2D eigenvalue weighted by atomic mass is 9.95. The van der Waals surface area contributed by atoms with Gasteiger partial charge in [-0.2, -0.15) is 0 Å². The Balaban J connectivity index is 1.84. The first kappa shape index (κ1) is 13.1. The van der Waals surface area contributed by atoms with Crippen molar-refractivity contribution in [1.82, 2.24) is 5.32 Å². The van der Waals surface area contributed by atoms with Gasteiger partial charge in [-0.15, -0.1) is 11.3 Å². The van der Waals surface area contributed by atoms with Crippen LogP contribution < -0.4 is 11.1 Å². The Hall–Kier alpha value is -0.390. The molecule has 3 N–H and O–H groups in total. The van der Waals surface area contributed by atoms with Crippen LogP contribution in [0.2, 0.25) is 0 Å². The standard InChI is InChI=1S/C12H17BrN2OS/c13-9-4-10(17-7-9)6-15-12(16)11-3-1-2-8(11)5-14/h4,7-8,11H,1-3,5-6,14H2,(H,15,16). The summed E-state index contributed by atoms with van der Waals surface area (Å²) >= 11 is 5.06. The zero-order valence-corrected chi connectivity index (χ0v) is 12.0. The molecule has 0 bridgehead atoms. The third kappa shape index (κ3) is 3.30. The van der Waals surface area contributed by atoms with E-state index < -0.39 is 0 Å². The van der Waals surface area contributed by atoms with Crippen LogP contribution in [0.15, 0.2) is 15.9 Å². The van der Waals surface area contributed by atoms with Gasteiger partial charge in [0, 0.05) is 20.6 Å². The minimum atomic E-state index is 0.128. The van der Waals surface area contributed by atoms with Crippen LogP contribution in [0.4, 0.5) is 0 Å². The highest BCUT2D eigenvalue weighted by Crippen LogP contribution is 2.31. The number of rotatable bonds is 4. The fourth-order valence-electron chi connectivity index (χ4n) is 2.42. The lowest BCUT2D eigenvalue weighted by molar-refractivity contribution is -0.126. The number of carbonyl (C=O) groups is 1. The van der Waals surface area contributed by atoms with Crippen molar-refractivity contribution in [3.05, 3.63) is 20.8 Å². The summed E-state index contributed by atoms with van der Waals surface area (Å²) in [5.41, 5.74) is 5.69. The van der Waals surface area contributed by atoms with E-state index >= 15 is 0 Å². The molecular formula is C12H17BrN2OS. The molecule has 17 heavy (non-hydrogen) atoms. The molecule has 2 atom stereocenters. The van der Waals surface area contributed by atoms with Gasteiger partial charge in [0.1, 0.15) is 0 Å². The van der Waals surface area contributed by atoms with Gasteiger partial charge in [0.15, 0.2) is 0 Å². The third-order valence-electron chi connectivity index (χ3n) is 3.36. The summed E-state index contributed by atoms with van der Waals surface area (Å²) < 4.78 is 1.08. The molecule has 1 aromatic rings. The van der Waals surface area contributed by atoms with E-state index in [1.165, 1.54) is 4.88 Å². The molecule has 0 saturated heterocycles. The second kappa shape index (κ2) is 5.98. The van der Waals surface area contributed by atoms with E-state index in [1.54, 1.807) is 11.3 Å². The summed E-state index contributed by atoms with van der Waals surface area (Å²) in [4.78, 5) is 13.2. The van der Waals surface area contributed by atoms with Crippen molar-refractivity contribution >= 4 is 33.2 Å². The van der Waals surface area contributed by atoms with Crippen molar-refractivity contribution in [1.29, 1.82) is 0 Å². The second-order valence-electron chi connectivity index (χ2n) is 4.48. The van der Waals surface area contributed by atoms with Gasteiger partial charge in [-0.1, -0.05) is 6.42 Å². The van der Waals surface area contributed by atoms with Crippen molar-refractivity contribution in [3.8, 4) is 0 Å². The molecule has 5 heteroatoms. The summed E-state index contributed by atoms with van der Waals surface area (Å²) in [6.45, 7) is 1.26. The topological polar surface area (TPSA) is 55.1 Å². The largest absolute Gasteiger partial charge is 0.351 e. The predicted molar refractivity (Wildman–Crippen MR) is 73.8 cm³/mol. The maximum atomic E-state index is 12.0. The molecule has 2 unspecified atom stereocenters. The first-order valence-corrected chi connectivity index (χ1v) is 7.58. The van der Waals surface area contributed by atoms with E-state index in [4.69, 9.17) is 5.73 Å². The zero-order valence-electron chi connectivity index (χ0n) is 9.62. The van der Waals surface area contributed by atoms with Crippen molar-refractivity contribution in [3.63, 3.8) is 0 Å². The number of halogens is 1. The minimum Gasteiger partial charge on any atom is -0.351 e. The number of hydrogen-bond donors (Lipinski definition) is 2. The summed E-state index contributed by atoms with van der Waals surface area (Å²) in [7, 11) is 0. The molecule has 0 aromatic carbocycles. The molecule has 1 heterocycles. The quantitative estimate of drug-likeness (QED) is 0.896. The van der Waals surface area contributed by atoms with Crippen LogP contribution >= 0.6 is 27.3 Å². The number of nitrogens with one attached hydrogen (secondary N) is 1. The summed E-state index contributed by atoms with van der Waals surface area (Å²) in [6, 6.07) is 2.04. The molecule has 0 spiro atoms. The number of thiophene rings is 1. The number of hydrogen-bond acceptors (Lipinski definition) is 3. The Morgan fingerprint density at radius 1 is 1.59 bits per heavy atom. The highest BCUT2D eigenvalue weighted by Gasteiger charge is 2.31. The van der Waals surface area contributed by atoms with Crippen molar-refractivity contribution in [2.24, 2.45) is 17.6 Å². The number of carbonyl (C=O) groups excluding carboxylic acids is 1. The van der Waals surface area contributed by atoms with Gasteiger partial charge in [0.05, 0.1) is 6.54 Å². The molecule has 1 saturated carbocycles. The van der Waals surface area contributed by atoms with Gasteiger partial charge in [-0.05, 0) is 47.3 Å². The first-order chi connectivity index (χ1) is 8.20. The third-order valence-corrected chi connectivity index (χ3v) is 5.05. The summed E-state index contributed by atoms with van der Waals surface area (Å²) in [5.74, 6) is 0.677. The average Bonchev–Trinajstić information content (AvgIpc) is 2.94. The molecule has 0 radical (unpaired) electrons. The summed E-state index contributed by atoms with van der Waals surface area (Å²) in [5, 5.41) is 5.04. The number of amides is 1. The molecule has 1 aromatic heterocycles. The lowest BCUT2D eigenvalue weighted by Gasteiger charge is -2.16. The highest BCUT2D eigenvalue weighted by atomic mass is 79.9. The van der Waals surface area contributed by atoms with Gasteiger partial charge in [0.2, 0.25) is 5.91 Å². The lowest BCUT2D eigenvalue weighted by Crippen LogP contribution is -2.34. The molecule has 3 nitrogen and oxygen atoms in total. The fourth-order valence-corrected chi connectivity index (χ4v) is 3.81. The van der Waals surface area contributed by atoms with Crippen LogP contribution in [0.1, 0.15) is 24.1 Å². The van der Waals surface area contributed by atoms with E-state index in [-0.39, 0.29) is 11.8 Å². The highest BCUT2D eigenvalue weighted by molar-refractivity contribution is 9.10. The van der Waals surface area contributed by atoms with Crippen LogP contribution in [0.3, 0.4) is 0 Å². The summed E-state index contributed by atoms with van der Waals surface area (Å²) in [6.07, 6.45) is 3.21. The maximum Gasteiger partial charge on any atom is 0.223 e. The van der Waals surface area contributed by atoms with Crippen LogP contribution in [-0.4, -0.2) is 12.5 Å². The van der Waals surface area contributed by atoms with Crippen molar-refractivity contribution in [2.75, 3.05) is 6.54 Å². The van der Waals surface area contributed by atoms with E-state index in [1.807, 2.05) is 11.4 Å².